The van der Waals surface area contributed by atoms with Crippen molar-refractivity contribution in [2.24, 2.45) is 0 Å². The molecule has 2 rings (SSSR count). The van der Waals surface area contributed by atoms with Crippen molar-refractivity contribution in [1.82, 2.24) is 9.97 Å². The third kappa shape index (κ3) is 10.3. The van der Waals surface area contributed by atoms with Crippen LogP contribution in [0.5, 0.6) is 0 Å². The predicted molar refractivity (Wildman–Crippen MR) is 90.1 cm³/mol. The molecule has 0 unspecified atom stereocenters. The fourth-order valence-corrected chi connectivity index (χ4v) is 1.07. The lowest BCUT2D eigenvalue weighted by Crippen LogP contribution is -1.87. The zero-order valence-corrected chi connectivity index (χ0v) is 14.1. The van der Waals surface area contributed by atoms with Crippen LogP contribution in [0.2, 0.25) is 5.15 Å². The first-order chi connectivity index (χ1) is 9.59. The third-order valence-electron chi connectivity index (χ3n) is 1.88. The SMILES string of the molecule is CC.CC.Cc1ccc(N)nc1.Cc1cccnc1Cl. The molecule has 112 valence electrons. The van der Waals surface area contributed by atoms with Gasteiger partial charge >= 0.3 is 0 Å². The number of aryl methyl sites for hydroxylation is 2. The van der Waals surface area contributed by atoms with E-state index < -0.39 is 0 Å². The van der Waals surface area contributed by atoms with E-state index in [1.165, 1.54) is 0 Å². The van der Waals surface area contributed by atoms with Crippen LogP contribution in [0.4, 0.5) is 5.82 Å². The summed E-state index contributed by atoms with van der Waals surface area (Å²) < 4.78 is 0. The minimum absolute atomic E-state index is 0.579. The van der Waals surface area contributed by atoms with E-state index in [1.807, 2.05) is 59.7 Å². The summed E-state index contributed by atoms with van der Waals surface area (Å²) >= 11 is 5.60. The van der Waals surface area contributed by atoms with Gasteiger partial charge in [-0.1, -0.05) is 51.4 Å². The molecular weight excluding hydrogens is 270 g/mol. The van der Waals surface area contributed by atoms with Crippen molar-refractivity contribution in [3.63, 3.8) is 0 Å². The van der Waals surface area contributed by atoms with Gasteiger partial charge in [-0.3, -0.25) is 0 Å². The van der Waals surface area contributed by atoms with Gasteiger partial charge in [0.1, 0.15) is 11.0 Å². The van der Waals surface area contributed by atoms with Gasteiger partial charge in [-0.15, -0.1) is 0 Å². The summed E-state index contributed by atoms with van der Waals surface area (Å²) in [7, 11) is 0. The van der Waals surface area contributed by atoms with Crippen molar-refractivity contribution in [3.8, 4) is 0 Å². The van der Waals surface area contributed by atoms with E-state index in [9.17, 15) is 0 Å². The molecule has 2 N–H and O–H groups in total. The molecule has 0 atom stereocenters. The molecule has 0 saturated carbocycles. The smallest absolute Gasteiger partial charge is 0.131 e. The topological polar surface area (TPSA) is 51.8 Å². The van der Waals surface area contributed by atoms with Gasteiger partial charge in [0.2, 0.25) is 0 Å². The van der Waals surface area contributed by atoms with Crippen LogP contribution in [0.15, 0.2) is 36.7 Å². The fraction of sp³-hybridized carbons (Fsp3) is 0.375. The number of halogens is 1. The Morgan fingerprint density at radius 2 is 1.55 bits per heavy atom. The van der Waals surface area contributed by atoms with Crippen LogP contribution in [0, 0.1) is 13.8 Å². The van der Waals surface area contributed by atoms with Gasteiger partial charge in [-0.25, -0.2) is 9.97 Å². The zero-order chi connectivity index (χ0) is 16.0. The van der Waals surface area contributed by atoms with Crippen molar-refractivity contribution in [2.75, 3.05) is 5.73 Å². The molecule has 0 aromatic carbocycles. The summed E-state index contributed by atoms with van der Waals surface area (Å²) in [6.07, 6.45) is 3.42. The van der Waals surface area contributed by atoms with Crippen LogP contribution in [0.25, 0.3) is 0 Å². The molecule has 3 nitrogen and oxygen atoms in total. The van der Waals surface area contributed by atoms with Crippen molar-refractivity contribution in [3.05, 3.63) is 52.9 Å². The summed E-state index contributed by atoms with van der Waals surface area (Å²) in [5.41, 5.74) is 7.48. The van der Waals surface area contributed by atoms with Gasteiger partial charge in [0.25, 0.3) is 0 Å². The Kier molecular flexibility index (Phi) is 14.3. The molecule has 0 spiro atoms. The number of pyridine rings is 2. The maximum atomic E-state index is 5.60. The number of aromatic nitrogens is 2. The highest BCUT2D eigenvalue weighted by Gasteiger charge is 1.88. The fourth-order valence-electron chi connectivity index (χ4n) is 0.946. The Morgan fingerprint density at radius 1 is 0.950 bits per heavy atom. The van der Waals surface area contributed by atoms with Crippen LogP contribution in [0.3, 0.4) is 0 Å². The van der Waals surface area contributed by atoms with Crippen LogP contribution in [-0.2, 0) is 0 Å². The lowest BCUT2D eigenvalue weighted by atomic mass is 10.3. The monoisotopic (exact) mass is 295 g/mol. The Balaban J connectivity index is 0. The first-order valence-corrected chi connectivity index (χ1v) is 7.22. The average Bonchev–Trinajstić information content (AvgIpc) is 2.50. The number of nitrogens with two attached hydrogens (primary N) is 1. The second-order valence-corrected chi connectivity index (χ2v) is 3.73. The Morgan fingerprint density at radius 3 is 1.85 bits per heavy atom. The van der Waals surface area contributed by atoms with Crippen molar-refractivity contribution in [2.45, 2.75) is 41.5 Å². The number of hydrogen-bond donors (Lipinski definition) is 1. The summed E-state index contributed by atoms with van der Waals surface area (Å²) in [6, 6.07) is 7.51. The highest BCUT2D eigenvalue weighted by molar-refractivity contribution is 6.30. The lowest BCUT2D eigenvalue weighted by Gasteiger charge is -1.89. The van der Waals surface area contributed by atoms with Crippen molar-refractivity contribution in [1.29, 1.82) is 0 Å². The maximum absolute atomic E-state index is 5.60. The molecule has 2 aromatic heterocycles. The van der Waals surface area contributed by atoms with E-state index in [4.69, 9.17) is 17.3 Å². The van der Waals surface area contributed by atoms with Crippen molar-refractivity contribution < 1.29 is 0 Å². The second-order valence-electron chi connectivity index (χ2n) is 3.37. The standard InChI is InChI=1S/C6H6ClN.C6H8N2.2C2H6/c1-5-3-2-4-8-6(5)7;1-5-2-3-6(7)8-4-5;2*1-2/h2-4H,1H3;2-4H,1H3,(H2,7,8);2*1-2H3. The number of nitrogen functional groups attached to an aromatic ring is 1. The number of anilines is 1. The van der Waals surface area contributed by atoms with E-state index in [0.717, 1.165) is 11.1 Å². The molecular formula is C16H26ClN3. The van der Waals surface area contributed by atoms with Gasteiger partial charge in [-0.2, -0.15) is 0 Å². The largest absolute Gasteiger partial charge is 0.384 e. The second kappa shape index (κ2) is 13.8. The Labute approximate surface area is 128 Å². The zero-order valence-electron chi connectivity index (χ0n) is 13.3. The molecule has 0 saturated heterocycles. The molecule has 0 amide bonds. The minimum Gasteiger partial charge on any atom is -0.384 e. The van der Waals surface area contributed by atoms with E-state index >= 15 is 0 Å². The van der Waals surface area contributed by atoms with Gasteiger partial charge in [0.05, 0.1) is 0 Å². The van der Waals surface area contributed by atoms with Crippen LogP contribution < -0.4 is 5.73 Å². The number of nitrogens with zero attached hydrogens (tertiary/aromatic N) is 2. The highest BCUT2D eigenvalue weighted by atomic mass is 35.5. The van der Waals surface area contributed by atoms with Gasteiger partial charge < -0.3 is 5.73 Å². The Bertz CT molecular complexity index is 400. The van der Waals surface area contributed by atoms with Crippen LogP contribution >= 0.6 is 11.6 Å². The molecule has 0 aliphatic carbocycles. The first-order valence-electron chi connectivity index (χ1n) is 6.85. The molecule has 0 aliphatic heterocycles. The van der Waals surface area contributed by atoms with E-state index in [1.54, 1.807) is 18.5 Å². The molecule has 20 heavy (non-hydrogen) atoms. The average molecular weight is 296 g/mol. The van der Waals surface area contributed by atoms with E-state index in [0.29, 0.717) is 11.0 Å². The number of hydrogen-bond acceptors (Lipinski definition) is 3. The molecule has 2 aromatic rings. The molecule has 0 bridgehead atoms. The molecule has 0 fully saturated rings. The molecule has 0 aliphatic rings. The lowest BCUT2D eigenvalue weighted by molar-refractivity contribution is 1.27. The van der Waals surface area contributed by atoms with E-state index in [2.05, 4.69) is 9.97 Å². The normalized spacial score (nSPS) is 7.95. The molecule has 0 radical (unpaired) electrons. The summed E-state index contributed by atoms with van der Waals surface area (Å²) in [6.45, 7) is 11.9. The van der Waals surface area contributed by atoms with Gasteiger partial charge in [0, 0.05) is 12.4 Å². The predicted octanol–water partition coefficient (Wildman–Crippen LogP) is 5.07. The molecule has 2 heterocycles. The summed E-state index contributed by atoms with van der Waals surface area (Å²) in [5, 5.41) is 0.590. The number of rotatable bonds is 0. The third-order valence-corrected chi connectivity index (χ3v) is 2.28. The Hall–Kier alpha value is -1.61. The highest BCUT2D eigenvalue weighted by Crippen LogP contribution is 2.07. The maximum Gasteiger partial charge on any atom is 0.131 e. The van der Waals surface area contributed by atoms with Crippen LogP contribution in [0.1, 0.15) is 38.8 Å². The van der Waals surface area contributed by atoms with E-state index in [-0.39, 0.29) is 0 Å². The van der Waals surface area contributed by atoms with Gasteiger partial charge in [-0.05, 0) is 37.1 Å². The minimum atomic E-state index is 0.579. The summed E-state index contributed by atoms with van der Waals surface area (Å²) in [5.74, 6) is 0.579. The first kappa shape index (κ1) is 20.7. The quantitative estimate of drug-likeness (QED) is 0.690. The van der Waals surface area contributed by atoms with Crippen LogP contribution in [-0.4, -0.2) is 9.97 Å². The van der Waals surface area contributed by atoms with Crippen molar-refractivity contribution >= 4 is 17.4 Å². The summed E-state index contributed by atoms with van der Waals surface area (Å²) in [4.78, 5) is 7.70. The molecule has 4 heteroatoms. The van der Waals surface area contributed by atoms with Gasteiger partial charge in [0.15, 0.2) is 0 Å².